The number of nitrogens with zero attached hydrogens (tertiary/aromatic N) is 1. The fourth-order valence-corrected chi connectivity index (χ4v) is 1.59. The van der Waals surface area contributed by atoms with E-state index >= 15 is 0 Å². The van der Waals surface area contributed by atoms with Gasteiger partial charge >= 0.3 is 0 Å². The Morgan fingerprint density at radius 3 is 1.94 bits per heavy atom. The lowest BCUT2D eigenvalue weighted by Gasteiger charge is -2.06. The monoisotopic (exact) mass is 284 g/mol. The Morgan fingerprint density at radius 1 is 0.944 bits per heavy atom. The molecule has 0 fully saturated rings. The van der Waals surface area contributed by atoms with Crippen molar-refractivity contribution in [1.82, 2.24) is 4.98 Å². The van der Waals surface area contributed by atoms with Crippen LogP contribution >= 0.6 is 24.8 Å². The first-order valence-electron chi connectivity index (χ1n) is 5.45. The topological polar surface area (TPSA) is 38.9 Å². The fraction of sp³-hybridized carbons (Fsp3) is 0.214. The van der Waals surface area contributed by atoms with Gasteiger partial charge in [0.2, 0.25) is 0 Å². The first-order valence-corrected chi connectivity index (χ1v) is 5.45. The third-order valence-electron chi connectivity index (χ3n) is 2.64. The third-order valence-corrected chi connectivity index (χ3v) is 2.64. The van der Waals surface area contributed by atoms with Crippen LogP contribution in [0.1, 0.15) is 24.2 Å². The zero-order chi connectivity index (χ0) is 11.5. The van der Waals surface area contributed by atoms with Crippen molar-refractivity contribution in [1.29, 1.82) is 0 Å². The van der Waals surface area contributed by atoms with Crippen molar-refractivity contribution in [3.63, 3.8) is 0 Å². The summed E-state index contributed by atoms with van der Waals surface area (Å²) >= 11 is 0. The standard InChI is InChI=1S/C14H16N2.2ClH/c1-10-3-5-12(6-4-10)13-7-8-14(11(2)15)16-9-13;;/h3-9,11H,15H2,1-2H3;2*1H. The average Bonchev–Trinajstić information content (AvgIpc) is 2.30. The molecule has 2 nitrogen and oxygen atoms in total. The number of nitrogens with two attached hydrogens (primary N) is 1. The van der Waals surface area contributed by atoms with E-state index in [-0.39, 0.29) is 30.9 Å². The van der Waals surface area contributed by atoms with Gasteiger partial charge < -0.3 is 5.73 Å². The van der Waals surface area contributed by atoms with E-state index in [0.29, 0.717) is 0 Å². The quantitative estimate of drug-likeness (QED) is 0.908. The maximum Gasteiger partial charge on any atom is 0.0568 e. The highest BCUT2D eigenvalue weighted by Crippen LogP contribution is 2.19. The van der Waals surface area contributed by atoms with Gasteiger partial charge in [0.15, 0.2) is 0 Å². The molecule has 0 aliphatic carbocycles. The minimum Gasteiger partial charge on any atom is -0.323 e. The highest BCUT2D eigenvalue weighted by atomic mass is 35.5. The van der Waals surface area contributed by atoms with E-state index < -0.39 is 0 Å². The number of hydrogen-bond donors (Lipinski definition) is 1. The summed E-state index contributed by atoms with van der Waals surface area (Å²) in [5, 5.41) is 0. The Labute approximate surface area is 120 Å². The number of benzene rings is 1. The predicted molar refractivity (Wildman–Crippen MR) is 81.5 cm³/mol. The smallest absolute Gasteiger partial charge is 0.0568 e. The highest BCUT2D eigenvalue weighted by Gasteiger charge is 2.02. The van der Waals surface area contributed by atoms with Crippen molar-refractivity contribution in [3.05, 3.63) is 53.9 Å². The van der Waals surface area contributed by atoms with E-state index in [1.54, 1.807) is 0 Å². The van der Waals surface area contributed by atoms with Crippen molar-refractivity contribution in [2.75, 3.05) is 0 Å². The van der Waals surface area contributed by atoms with Crippen LogP contribution in [-0.4, -0.2) is 4.98 Å². The molecule has 2 N–H and O–H groups in total. The van der Waals surface area contributed by atoms with Gasteiger partial charge in [-0.1, -0.05) is 35.9 Å². The average molecular weight is 285 g/mol. The van der Waals surface area contributed by atoms with Gasteiger partial charge in [-0.3, -0.25) is 4.98 Å². The Hall–Kier alpha value is -1.09. The predicted octanol–water partition coefficient (Wildman–Crippen LogP) is 3.92. The Kier molecular flexibility index (Phi) is 6.92. The summed E-state index contributed by atoms with van der Waals surface area (Å²) in [7, 11) is 0. The van der Waals surface area contributed by atoms with Gasteiger partial charge in [-0.25, -0.2) is 0 Å². The van der Waals surface area contributed by atoms with Crippen LogP contribution in [0, 0.1) is 6.92 Å². The minimum atomic E-state index is -0.00734. The molecule has 2 rings (SSSR count). The molecule has 0 saturated heterocycles. The van der Waals surface area contributed by atoms with E-state index in [4.69, 9.17) is 5.73 Å². The fourth-order valence-electron chi connectivity index (χ4n) is 1.59. The molecule has 0 aliphatic rings. The second kappa shape index (κ2) is 7.37. The largest absolute Gasteiger partial charge is 0.323 e. The van der Waals surface area contributed by atoms with Gasteiger partial charge in [-0.2, -0.15) is 0 Å². The van der Waals surface area contributed by atoms with Crippen LogP contribution in [0.2, 0.25) is 0 Å². The van der Waals surface area contributed by atoms with Gasteiger partial charge in [0.05, 0.1) is 5.69 Å². The second-order valence-corrected chi connectivity index (χ2v) is 4.13. The van der Waals surface area contributed by atoms with Gasteiger partial charge in [0.1, 0.15) is 0 Å². The van der Waals surface area contributed by atoms with Crippen molar-refractivity contribution in [3.8, 4) is 11.1 Å². The molecule has 0 bridgehead atoms. The van der Waals surface area contributed by atoms with Crippen LogP contribution in [-0.2, 0) is 0 Å². The van der Waals surface area contributed by atoms with Crippen LogP contribution in [0.5, 0.6) is 0 Å². The van der Waals surface area contributed by atoms with Crippen molar-refractivity contribution in [2.45, 2.75) is 19.9 Å². The number of halogens is 2. The maximum absolute atomic E-state index is 5.76. The van der Waals surface area contributed by atoms with E-state index in [0.717, 1.165) is 11.3 Å². The Balaban J connectivity index is 0.00000144. The normalized spacial score (nSPS) is 11.1. The van der Waals surface area contributed by atoms with E-state index in [1.165, 1.54) is 11.1 Å². The SMILES string of the molecule is Cc1ccc(-c2ccc(C(C)N)nc2)cc1.Cl.Cl. The lowest BCUT2D eigenvalue weighted by Crippen LogP contribution is -2.06. The molecule has 0 spiro atoms. The highest BCUT2D eigenvalue weighted by molar-refractivity contribution is 5.85. The molecule has 1 atom stereocenters. The van der Waals surface area contributed by atoms with Crippen LogP contribution in [0.15, 0.2) is 42.6 Å². The molecular weight excluding hydrogens is 267 g/mol. The molecular formula is C14H18Cl2N2. The van der Waals surface area contributed by atoms with Crippen molar-refractivity contribution < 1.29 is 0 Å². The maximum atomic E-state index is 5.76. The van der Waals surface area contributed by atoms with Crippen molar-refractivity contribution in [2.24, 2.45) is 5.73 Å². The number of aromatic nitrogens is 1. The van der Waals surface area contributed by atoms with Crippen LogP contribution in [0.4, 0.5) is 0 Å². The molecule has 0 radical (unpaired) electrons. The molecule has 1 unspecified atom stereocenters. The van der Waals surface area contributed by atoms with Crippen LogP contribution in [0.3, 0.4) is 0 Å². The molecule has 1 aromatic carbocycles. The lowest BCUT2D eigenvalue weighted by molar-refractivity contribution is 0.781. The zero-order valence-electron chi connectivity index (χ0n) is 10.5. The minimum absolute atomic E-state index is 0. The summed E-state index contributed by atoms with van der Waals surface area (Å²) in [5.74, 6) is 0. The zero-order valence-corrected chi connectivity index (χ0v) is 12.1. The van der Waals surface area contributed by atoms with Gasteiger partial charge in [0, 0.05) is 17.8 Å². The molecule has 98 valence electrons. The molecule has 0 amide bonds. The molecule has 0 aliphatic heterocycles. The summed E-state index contributed by atoms with van der Waals surface area (Å²) in [4.78, 5) is 4.35. The van der Waals surface area contributed by atoms with Gasteiger partial charge in [-0.15, -0.1) is 24.8 Å². The first-order chi connectivity index (χ1) is 7.66. The summed E-state index contributed by atoms with van der Waals surface area (Å²) in [5.41, 5.74) is 10.3. The van der Waals surface area contributed by atoms with E-state index in [2.05, 4.69) is 42.2 Å². The Bertz CT molecular complexity index is 464. The molecule has 4 heteroatoms. The third kappa shape index (κ3) is 3.98. The first kappa shape index (κ1) is 16.9. The van der Waals surface area contributed by atoms with Crippen LogP contribution in [0.25, 0.3) is 11.1 Å². The number of aryl methyl sites for hydroxylation is 1. The summed E-state index contributed by atoms with van der Waals surface area (Å²) < 4.78 is 0. The van der Waals surface area contributed by atoms with E-state index in [9.17, 15) is 0 Å². The summed E-state index contributed by atoms with van der Waals surface area (Å²) in [6.07, 6.45) is 1.88. The summed E-state index contributed by atoms with van der Waals surface area (Å²) in [6.45, 7) is 4.02. The van der Waals surface area contributed by atoms with Crippen molar-refractivity contribution >= 4 is 24.8 Å². The number of hydrogen-bond acceptors (Lipinski definition) is 2. The molecule has 18 heavy (non-hydrogen) atoms. The number of rotatable bonds is 2. The second-order valence-electron chi connectivity index (χ2n) is 4.13. The van der Waals surface area contributed by atoms with Crippen LogP contribution < -0.4 is 5.73 Å². The lowest BCUT2D eigenvalue weighted by atomic mass is 10.1. The molecule has 2 aromatic rings. The van der Waals surface area contributed by atoms with Gasteiger partial charge in [0.25, 0.3) is 0 Å². The Morgan fingerprint density at radius 2 is 1.50 bits per heavy atom. The molecule has 0 saturated carbocycles. The number of pyridine rings is 1. The van der Waals surface area contributed by atoms with E-state index in [1.807, 2.05) is 19.2 Å². The summed E-state index contributed by atoms with van der Waals surface area (Å²) in [6, 6.07) is 12.5. The van der Waals surface area contributed by atoms with Gasteiger partial charge in [-0.05, 0) is 25.5 Å². The molecule has 1 aromatic heterocycles. The molecule has 1 heterocycles.